The van der Waals surface area contributed by atoms with E-state index in [1.165, 1.54) is 0 Å². The molecular formula is C18H27N3O2. The van der Waals surface area contributed by atoms with Crippen molar-refractivity contribution in [1.82, 2.24) is 4.90 Å². The third-order valence-corrected chi connectivity index (χ3v) is 4.49. The van der Waals surface area contributed by atoms with Gasteiger partial charge in [0.15, 0.2) is 0 Å². The number of amides is 2. The molecule has 1 fully saturated rings. The number of nitrogens with zero attached hydrogens (tertiary/aromatic N) is 1. The Morgan fingerprint density at radius 2 is 1.70 bits per heavy atom. The molecule has 0 spiro atoms. The minimum absolute atomic E-state index is 0.0259. The normalized spacial score (nSPS) is 17.2. The predicted octanol–water partition coefficient (Wildman–Crippen LogP) is 2.48. The van der Waals surface area contributed by atoms with E-state index in [2.05, 4.69) is 5.32 Å². The highest BCUT2D eigenvalue weighted by Crippen LogP contribution is 2.21. The van der Waals surface area contributed by atoms with Gasteiger partial charge in [0.25, 0.3) is 5.91 Å². The van der Waals surface area contributed by atoms with E-state index in [0.29, 0.717) is 11.5 Å². The summed E-state index contributed by atoms with van der Waals surface area (Å²) >= 11 is 0. The van der Waals surface area contributed by atoms with Gasteiger partial charge in [0.05, 0.1) is 0 Å². The Balaban J connectivity index is 1.94. The number of rotatable bonds is 4. The van der Waals surface area contributed by atoms with E-state index in [1.807, 2.05) is 25.7 Å². The monoisotopic (exact) mass is 317 g/mol. The lowest BCUT2D eigenvalue weighted by Gasteiger charge is -2.33. The van der Waals surface area contributed by atoms with E-state index in [0.717, 1.165) is 31.6 Å². The van der Waals surface area contributed by atoms with Crippen LogP contribution in [0.1, 0.15) is 44.0 Å². The second kappa shape index (κ2) is 7.59. The summed E-state index contributed by atoms with van der Waals surface area (Å²) in [6, 6.07) is 7.30. The zero-order valence-corrected chi connectivity index (χ0v) is 14.2. The zero-order valence-electron chi connectivity index (χ0n) is 14.2. The Morgan fingerprint density at radius 1 is 1.13 bits per heavy atom. The fourth-order valence-corrected chi connectivity index (χ4v) is 2.79. The smallest absolute Gasteiger partial charge is 0.253 e. The summed E-state index contributed by atoms with van der Waals surface area (Å²) in [5.41, 5.74) is 7.32. The largest absolute Gasteiger partial charge is 0.339 e. The van der Waals surface area contributed by atoms with Crippen LogP contribution in [0.3, 0.4) is 0 Å². The molecule has 1 unspecified atom stereocenters. The van der Waals surface area contributed by atoms with Gasteiger partial charge in [-0.15, -0.1) is 0 Å². The Morgan fingerprint density at radius 3 is 2.17 bits per heavy atom. The molecule has 5 nitrogen and oxygen atoms in total. The van der Waals surface area contributed by atoms with Gasteiger partial charge in [-0.05, 0) is 49.9 Å². The summed E-state index contributed by atoms with van der Waals surface area (Å²) in [6.07, 6.45) is 1.93. The number of piperidine rings is 1. The summed E-state index contributed by atoms with van der Waals surface area (Å²) in [6.45, 7) is 7.25. The number of hydrogen-bond acceptors (Lipinski definition) is 3. The molecule has 1 aromatic rings. The highest BCUT2D eigenvalue weighted by Gasteiger charge is 2.25. The minimum atomic E-state index is -0.0671. The molecule has 23 heavy (non-hydrogen) atoms. The standard InChI is InChI=1S/C18H27N3O2/c1-12(2)17(22)20-16-6-4-15(5-7-16)18(23)21-10-8-14(9-11-21)13(3)19/h4-7,12-14H,8-11,19H2,1-3H3,(H,20,22). The Hall–Kier alpha value is -1.88. The molecule has 0 radical (unpaired) electrons. The van der Waals surface area contributed by atoms with Crippen LogP contribution in [0.25, 0.3) is 0 Å². The van der Waals surface area contributed by atoms with Gasteiger partial charge < -0.3 is 16.0 Å². The number of carbonyl (C=O) groups is 2. The first kappa shape index (κ1) is 17.5. The lowest BCUT2D eigenvalue weighted by atomic mass is 9.90. The van der Waals surface area contributed by atoms with Crippen LogP contribution in [0.2, 0.25) is 0 Å². The second-order valence-corrected chi connectivity index (χ2v) is 6.71. The third-order valence-electron chi connectivity index (χ3n) is 4.49. The molecule has 0 aliphatic carbocycles. The first-order chi connectivity index (χ1) is 10.9. The third kappa shape index (κ3) is 4.55. The fraction of sp³-hybridized carbons (Fsp3) is 0.556. The van der Waals surface area contributed by atoms with Crippen LogP contribution in [-0.4, -0.2) is 35.8 Å². The number of nitrogens with two attached hydrogens (primary N) is 1. The molecule has 2 amide bonds. The van der Waals surface area contributed by atoms with E-state index in [-0.39, 0.29) is 23.8 Å². The topological polar surface area (TPSA) is 75.4 Å². The summed E-state index contributed by atoms with van der Waals surface area (Å²) in [7, 11) is 0. The minimum Gasteiger partial charge on any atom is -0.339 e. The maximum Gasteiger partial charge on any atom is 0.253 e. The van der Waals surface area contributed by atoms with E-state index in [4.69, 9.17) is 5.73 Å². The van der Waals surface area contributed by atoms with Crippen molar-refractivity contribution in [3.05, 3.63) is 29.8 Å². The number of hydrogen-bond donors (Lipinski definition) is 2. The predicted molar refractivity (Wildman–Crippen MR) is 92.2 cm³/mol. The van der Waals surface area contributed by atoms with Crippen molar-refractivity contribution < 1.29 is 9.59 Å². The first-order valence-electron chi connectivity index (χ1n) is 8.34. The van der Waals surface area contributed by atoms with Crippen LogP contribution in [-0.2, 0) is 4.79 Å². The Bertz CT molecular complexity index is 544. The van der Waals surface area contributed by atoms with Crippen LogP contribution in [0.4, 0.5) is 5.69 Å². The lowest BCUT2D eigenvalue weighted by molar-refractivity contribution is -0.118. The number of nitrogens with one attached hydrogen (secondary N) is 1. The molecule has 1 heterocycles. The van der Waals surface area contributed by atoms with Crippen LogP contribution < -0.4 is 11.1 Å². The van der Waals surface area contributed by atoms with Gasteiger partial charge in [-0.2, -0.15) is 0 Å². The van der Waals surface area contributed by atoms with Gasteiger partial charge >= 0.3 is 0 Å². The molecule has 5 heteroatoms. The van der Waals surface area contributed by atoms with Gasteiger partial charge in [0.1, 0.15) is 0 Å². The molecule has 126 valence electrons. The fourth-order valence-electron chi connectivity index (χ4n) is 2.79. The van der Waals surface area contributed by atoms with Crippen molar-refractivity contribution in [3.63, 3.8) is 0 Å². The summed E-state index contributed by atoms with van der Waals surface area (Å²) in [5.74, 6) is 0.465. The maximum absolute atomic E-state index is 12.5. The van der Waals surface area contributed by atoms with Gasteiger partial charge in [-0.3, -0.25) is 9.59 Å². The average molecular weight is 317 g/mol. The van der Waals surface area contributed by atoms with Crippen molar-refractivity contribution >= 4 is 17.5 Å². The zero-order chi connectivity index (χ0) is 17.0. The molecular weight excluding hydrogens is 290 g/mol. The molecule has 0 aromatic heterocycles. The Labute approximate surface area is 138 Å². The molecule has 0 saturated carbocycles. The van der Waals surface area contributed by atoms with Crippen molar-refractivity contribution in [2.24, 2.45) is 17.6 Å². The SMILES string of the molecule is CC(C)C(=O)Nc1ccc(C(=O)N2CCC(C(C)N)CC2)cc1. The molecule has 1 aliphatic rings. The highest BCUT2D eigenvalue weighted by molar-refractivity contribution is 5.96. The molecule has 1 aliphatic heterocycles. The molecule has 1 saturated heterocycles. The number of likely N-dealkylation sites (tertiary alicyclic amines) is 1. The van der Waals surface area contributed by atoms with Gasteiger partial charge in [0.2, 0.25) is 5.91 Å². The van der Waals surface area contributed by atoms with Crippen LogP contribution in [0, 0.1) is 11.8 Å². The first-order valence-corrected chi connectivity index (χ1v) is 8.34. The maximum atomic E-state index is 12.5. The molecule has 3 N–H and O–H groups in total. The van der Waals surface area contributed by atoms with Crippen LogP contribution in [0.15, 0.2) is 24.3 Å². The molecule has 0 bridgehead atoms. The van der Waals surface area contributed by atoms with E-state index in [9.17, 15) is 9.59 Å². The second-order valence-electron chi connectivity index (χ2n) is 6.71. The Kier molecular flexibility index (Phi) is 5.77. The van der Waals surface area contributed by atoms with E-state index in [1.54, 1.807) is 24.3 Å². The van der Waals surface area contributed by atoms with Gasteiger partial charge in [0, 0.05) is 36.3 Å². The summed E-state index contributed by atoms with van der Waals surface area (Å²) in [4.78, 5) is 26.1. The van der Waals surface area contributed by atoms with Crippen LogP contribution in [0.5, 0.6) is 0 Å². The summed E-state index contributed by atoms with van der Waals surface area (Å²) in [5, 5.41) is 2.83. The quantitative estimate of drug-likeness (QED) is 0.896. The van der Waals surface area contributed by atoms with E-state index < -0.39 is 0 Å². The average Bonchev–Trinajstić information content (AvgIpc) is 2.55. The van der Waals surface area contributed by atoms with Crippen LogP contribution >= 0.6 is 0 Å². The van der Waals surface area contributed by atoms with E-state index >= 15 is 0 Å². The molecule has 1 atom stereocenters. The van der Waals surface area contributed by atoms with Crippen molar-refractivity contribution in [2.45, 2.75) is 39.7 Å². The number of anilines is 1. The summed E-state index contributed by atoms with van der Waals surface area (Å²) < 4.78 is 0. The molecule has 1 aromatic carbocycles. The number of carbonyl (C=O) groups excluding carboxylic acids is 2. The highest BCUT2D eigenvalue weighted by atomic mass is 16.2. The van der Waals surface area contributed by atoms with Gasteiger partial charge in [-0.1, -0.05) is 13.8 Å². The van der Waals surface area contributed by atoms with Crippen molar-refractivity contribution in [3.8, 4) is 0 Å². The lowest BCUT2D eigenvalue weighted by Crippen LogP contribution is -2.42. The van der Waals surface area contributed by atoms with Crippen molar-refractivity contribution in [2.75, 3.05) is 18.4 Å². The van der Waals surface area contributed by atoms with Gasteiger partial charge in [-0.25, -0.2) is 0 Å². The number of benzene rings is 1. The van der Waals surface area contributed by atoms with Crippen molar-refractivity contribution in [1.29, 1.82) is 0 Å². The molecule has 2 rings (SSSR count).